The zero-order chi connectivity index (χ0) is 13.6. The zero-order valence-corrected chi connectivity index (χ0v) is 11.9. The van der Waals surface area contributed by atoms with Crippen LogP contribution in [0.4, 0.5) is 4.79 Å². The maximum Gasteiger partial charge on any atom is 0.418 e. The third-order valence-electron chi connectivity index (χ3n) is 2.98. The van der Waals surface area contributed by atoms with Crippen molar-refractivity contribution >= 4 is 13.2 Å². The molecule has 0 aromatic rings. The summed E-state index contributed by atoms with van der Waals surface area (Å²) < 4.78 is 22.2. The molecule has 1 aliphatic rings. The number of nitrogens with one attached hydrogen (secondary N) is 1. The van der Waals surface area contributed by atoms with Crippen LogP contribution in [0, 0.1) is 0 Å². The number of amides is 1. The Labute approximate surface area is 108 Å². The molecule has 1 aliphatic carbocycles. The minimum absolute atomic E-state index is 0.0839. The van der Waals surface area contributed by atoms with Crippen molar-refractivity contribution in [3.05, 3.63) is 0 Å². The molecular weight excluding hydrogens is 255 g/mol. The molecule has 0 aromatic heterocycles. The zero-order valence-electron chi connectivity index (χ0n) is 11.1. The van der Waals surface area contributed by atoms with Crippen molar-refractivity contribution in [2.45, 2.75) is 51.6 Å². The van der Waals surface area contributed by atoms with E-state index in [9.17, 15) is 9.36 Å². The topological polar surface area (TPSA) is 90.6 Å². The Morgan fingerprint density at radius 1 is 1.28 bits per heavy atom. The quantitative estimate of drug-likeness (QED) is 0.727. The van der Waals surface area contributed by atoms with Gasteiger partial charge in [0.25, 0.3) is 0 Å². The highest BCUT2D eigenvalue weighted by Gasteiger charge is 2.37. The first kappa shape index (κ1) is 15.6. The van der Waals surface area contributed by atoms with E-state index in [2.05, 4.69) is 5.32 Å². The summed E-state index contributed by atoms with van der Waals surface area (Å²) in [5.74, 6) is 0. The molecule has 1 amide bonds. The third kappa shape index (κ3) is 4.05. The van der Waals surface area contributed by atoms with Gasteiger partial charge in [0.1, 0.15) is 0 Å². The first-order valence-corrected chi connectivity index (χ1v) is 8.03. The molecule has 1 fully saturated rings. The van der Waals surface area contributed by atoms with E-state index in [0.717, 1.165) is 25.7 Å². The summed E-state index contributed by atoms with van der Waals surface area (Å²) in [4.78, 5) is 12.0. The van der Waals surface area contributed by atoms with Crippen molar-refractivity contribution in [3.8, 4) is 0 Å². The van der Waals surface area contributed by atoms with E-state index in [1.165, 1.54) is 0 Å². The second-order valence-electron chi connectivity index (χ2n) is 4.34. The fraction of sp³-hybridized carbons (Fsp3) is 0.909. The van der Waals surface area contributed by atoms with Gasteiger partial charge in [-0.25, -0.2) is 4.57 Å². The molecular formula is C11H23N2O4P. The lowest BCUT2D eigenvalue weighted by molar-refractivity contribution is 0.202. The van der Waals surface area contributed by atoms with Crippen molar-refractivity contribution in [1.29, 1.82) is 0 Å². The molecule has 1 saturated carbocycles. The molecule has 3 N–H and O–H groups in total. The monoisotopic (exact) mass is 278 g/mol. The fourth-order valence-electron chi connectivity index (χ4n) is 2.07. The van der Waals surface area contributed by atoms with E-state index in [4.69, 9.17) is 14.8 Å². The molecule has 0 aromatic carbocycles. The first-order valence-electron chi connectivity index (χ1n) is 6.49. The van der Waals surface area contributed by atoms with Gasteiger partial charge in [-0.1, -0.05) is 12.8 Å². The minimum Gasteiger partial charge on any atom is -0.341 e. The Hall–Kier alpha value is -0.420. The highest BCUT2D eigenvalue weighted by molar-refractivity contribution is 7.71. The Bertz CT molecular complexity index is 314. The highest BCUT2D eigenvalue weighted by atomic mass is 31.2. The molecule has 0 unspecified atom stereocenters. The van der Waals surface area contributed by atoms with E-state index in [-0.39, 0.29) is 25.3 Å². The summed E-state index contributed by atoms with van der Waals surface area (Å²) in [6, 6.07) is -0.222. The standard InChI is InChI=1S/C11H23N2O4P/c1-3-16-18(15,17-4-2)11(14)13-10-8-6-5-7-9(10)12/h9-10H,3-8,12H2,1-2H3,(H,13,14)/t9-,10+/m1/s1. The van der Waals surface area contributed by atoms with Crippen LogP contribution in [-0.4, -0.2) is 30.9 Å². The van der Waals surface area contributed by atoms with E-state index < -0.39 is 13.2 Å². The van der Waals surface area contributed by atoms with Gasteiger partial charge in [0.2, 0.25) is 0 Å². The summed E-state index contributed by atoms with van der Waals surface area (Å²) in [7, 11) is -3.71. The molecule has 0 spiro atoms. The molecule has 18 heavy (non-hydrogen) atoms. The second kappa shape index (κ2) is 7.24. The normalized spacial score (nSPS) is 24.8. The van der Waals surface area contributed by atoms with Crippen molar-refractivity contribution in [2.24, 2.45) is 5.73 Å². The van der Waals surface area contributed by atoms with Gasteiger partial charge in [-0.3, -0.25) is 4.79 Å². The smallest absolute Gasteiger partial charge is 0.341 e. The third-order valence-corrected chi connectivity index (χ3v) is 4.80. The van der Waals surface area contributed by atoms with Crippen molar-refractivity contribution in [2.75, 3.05) is 13.2 Å². The van der Waals surface area contributed by atoms with Crippen molar-refractivity contribution in [1.82, 2.24) is 5.32 Å². The van der Waals surface area contributed by atoms with Crippen LogP contribution in [0.5, 0.6) is 0 Å². The number of nitrogens with two attached hydrogens (primary N) is 1. The molecule has 0 saturated heterocycles. The summed E-state index contributed by atoms with van der Waals surface area (Å²) >= 11 is 0. The van der Waals surface area contributed by atoms with Gasteiger partial charge >= 0.3 is 13.2 Å². The van der Waals surface area contributed by atoms with Crippen LogP contribution >= 0.6 is 7.60 Å². The largest absolute Gasteiger partial charge is 0.418 e. The van der Waals surface area contributed by atoms with Gasteiger partial charge in [-0.2, -0.15) is 0 Å². The van der Waals surface area contributed by atoms with Crippen molar-refractivity contribution < 1.29 is 18.4 Å². The van der Waals surface area contributed by atoms with Crippen LogP contribution in [0.25, 0.3) is 0 Å². The second-order valence-corrected chi connectivity index (χ2v) is 6.25. The maximum absolute atomic E-state index is 12.2. The van der Waals surface area contributed by atoms with Crippen LogP contribution < -0.4 is 11.1 Å². The van der Waals surface area contributed by atoms with Crippen LogP contribution in [0.15, 0.2) is 0 Å². The van der Waals surface area contributed by atoms with E-state index in [1.807, 2.05) is 0 Å². The molecule has 7 heteroatoms. The molecule has 6 nitrogen and oxygen atoms in total. The predicted molar refractivity (Wildman–Crippen MR) is 69.6 cm³/mol. The molecule has 0 radical (unpaired) electrons. The van der Waals surface area contributed by atoms with Crippen LogP contribution in [0.1, 0.15) is 39.5 Å². The average molecular weight is 278 g/mol. The first-order chi connectivity index (χ1) is 8.53. The van der Waals surface area contributed by atoms with Crippen molar-refractivity contribution in [3.63, 3.8) is 0 Å². The highest BCUT2D eigenvalue weighted by Crippen LogP contribution is 2.48. The van der Waals surface area contributed by atoms with E-state index >= 15 is 0 Å². The van der Waals surface area contributed by atoms with E-state index in [1.54, 1.807) is 13.8 Å². The number of hydrogen-bond donors (Lipinski definition) is 2. The lowest BCUT2D eigenvalue weighted by atomic mass is 9.91. The molecule has 0 aliphatic heterocycles. The van der Waals surface area contributed by atoms with Gasteiger partial charge in [0.15, 0.2) is 0 Å². The molecule has 1 rings (SSSR count). The Morgan fingerprint density at radius 3 is 2.33 bits per heavy atom. The summed E-state index contributed by atoms with van der Waals surface area (Å²) in [5.41, 5.74) is 5.26. The predicted octanol–water partition coefficient (Wildman–Crippen LogP) is 2.23. The SMILES string of the molecule is CCOP(=O)(OCC)C(=O)N[C@H]1CCCC[C@H]1N. The Balaban J connectivity index is 2.63. The van der Waals surface area contributed by atoms with Crippen LogP contribution in [0.2, 0.25) is 0 Å². The number of carbonyl (C=O) groups excluding carboxylic acids is 1. The summed E-state index contributed by atoms with van der Waals surface area (Å²) in [6.07, 6.45) is 3.78. The fourth-order valence-corrected chi connectivity index (χ4v) is 3.38. The minimum atomic E-state index is -3.71. The van der Waals surface area contributed by atoms with Crippen LogP contribution in [-0.2, 0) is 13.6 Å². The number of hydrogen-bond acceptors (Lipinski definition) is 5. The Morgan fingerprint density at radius 2 is 1.83 bits per heavy atom. The number of rotatable bonds is 6. The Kier molecular flexibility index (Phi) is 6.29. The lowest BCUT2D eigenvalue weighted by Crippen LogP contribution is -2.49. The molecule has 106 valence electrons. The lowest BCUT2D eigenvalue weighted by Gasteiger charge is -2.30. The van der Waals surface area contributed by atoms with Gasteiger partial charge in [0, 0.05) is 12.1 Å². The molecule has 0 bridgehead atoms. The maximum atomic E-state index is 12.2. The molecule has 0 heterocycles. The molecule has 2 atom stereocenters. The van der Waals surface area contributed by atoms with Gasteiger partial charge in [0.05, 0.1) is 13.2 Å². The summed E-state index contributed by atoms with van der Waals surface area (Å²) in [6.45, 7) is 3.68. The number of carbonyl (C=O) groups is 1. The van der Waals surface area contributed by atoms with Crippen LogP contribution in [0.3, 0.4) is 0 Å². The van der Waals surface area contributed by atoms with Gasteiger partial charge in [-0.15, -0.1) is 0 Å². The average Bonchev–Trinajstić information content (AvgIpc) is 2.32. The summed E-state index contributed by atoms with van der Waals surface area (Å²) in [5, 5.41) is 2.70. The van der Waals surface area contributed by atoms with Gasteiger partial charge < -0.3 is 20.1 Å². The van der Waals surface area contributed by atoms with E-state index in [0.29, 0.717) is 0 Å². The van der Waals surface area contributed by atoms with Gasteiger partial charge in [-0.05, 0) is 26.7 Å².